The topological polar surface area (TPSA) is 140 Å². The van der Waals surface area contributed by atoms with E-state index in [4.69, 9.17) is 40.3 Å². The van der Waals surface area contributed by atoms with Crippen LogP contribution in [0.15, 0.2) is 52.3 Å². The summed E-state index contributed by atoms with van der Waals surface area (Å²) in [4.78, 5) is 51.1. The molecule has 1 saturated heterocycles. The van der Waals surface area contributed by atoms with E-state index in [0.717, 1.165) is 17.6 Å². The van der Waals surface area contributed by atoms with Crippen LogP contribution in [0.2, 0.25) is 0 Å². The Morgan fingerprint density at radius 3 is 2.50 bits per heavy atom. The van der Waals surface area contributed by atoms with Crippen LogP contribution in [0.3, 0.4) is 0 Å². The molecule has 7 aliphatic rings. The van der Waals surface area contributed by atoms with Crippen molar-refractivity contribution in [2.45, 2.75) is 116 Å². The molecule has 1 aromatic carbocycles. The largest absolute Gasteiger partial charge is 0.482 e. The molecule has 4 fully saturated rings. The molecule has 9 rings (SSSR count). The van der Waals surface area contributed by atoms with Crippen LogP contribution in [-0.4, -0.2) is 73.6 Å². The van der Waals surface area contributed by atoms with Crippen LogP contribution in [0.1, 0.15) is 104 Å². The van der Waals surface area contributed by atoms with Gasteiger partial charge >= 0.3 is 11.9 Å². The molecule has 296 valence electrons. The van der Waals surface area contributed by atoms with Crippen LogP contribution < -0.4 is 14.2 Å². The summed E-state index contributed by atoms with van der Waals surface area (Å²) < 4.78 is 34.9. The molecular weight excluding hydrogens is 736 g/mol. The average molecular weight is 785 g/mol. The van der Waals surface area contributed by atoms with E-state index in [1.54, 1.807) is 17.7 Å². The Hall–Kier alpha value is -4.55. The molecule has 56 heavy (non-hydrogen) atoms. The van der Waals surface area contributed by atoms with Crippen molar-refractivity contribution in [1.82, 2.24) is 14.8 Å². The van der Waals surface area contributed by atoms with Crippen molar-refractivity contribution >= 4 is 47.1 Å². The minimum Gasteiger partial charge on any atom is -0.482 e. The van der Waals surface area contributed by atoms with Crippen LogP contribution in [0.5, 0.6) is 17.2 Å². The van der Waals surface area contributed by atoms with Gasteiger partial charge in [-0.3, -0.25) is 9.59 Å². The number of carbonyl (C=O) groups is 3. The first-order valence-corrected chi connectivity index (χ1v) is 19.9. The van der Waals surface area contributed by atoms with Gasteiger partial charge in [-0.15, -0.1) is 11.6 Å². The summed E-state index contributed by atoms with van der Waals surface area (Å²) in [6.45, 7) is 15.9. The zero-order valence-electron chi connectivity index (χ0n) is 33.4. The molecule has 12 nitrogen and oxygen atoms in total. The lowest BCUT2D eigenvalue weighted by Crippen LogP contribution is -2.79. The van der Waals surface area contributed by atoms with Crippen LogP contribution in [0, 0.1) is 17.8 Å². The van der Waals surface area contributed by atoms with Crippen LogP contribution in [0.4, 0.5) is 5.95 Å². The second-order valence-corrected chi connectivity index (χ2v) is 17.4. The molecule has 5 heterocycles. The van der Waals surface area contributed by atoms with E-state index in [0.29, 0.717) is 59.1 Å². The van der Waals surface area contributed by atoms with Gasteiger partial charge in [-0.05, 0) is 93.2 Å². The molecule has 3 saturated carbocycles. The fourth-order valence-electron chi connectivity index (χ4n) is 10.3. The molecule has 4 aliphatic heterocycles. The molecule has 1 aromatic heterocycles. The molecule has 7 unspecified atom stereocenters. The van der Waals surface area contributed by atoms with Crippen molar-refractivity contribution in [3.05, 3.63) is 64.0 Å². The van der Waals surface area contributed by atoms with Gasteiger partial charge in [0, 0.05) is 29.4 Å². The summed E-state index contributed by atoms with van der Waals surface area (Å²) in [7, 11) is 1.33. The first-order valence-electron chi connectivity index (χ1n) is 19.3. The highest BCUT2D eigenvalue weighted by Crippen LogP contribution is 2.73. The summed E-state index contributed by atoms with van der Waals surface area (Å²) in [5, 5.41) is 4.62. The van der Waals surface area contributed by atoms with E-state index in [2.05, 4.69) is 36.1 Å². The number of aromatic nitrogens is 3. The number of carbonyl (C=O) groups excluding carboxylic acids is 3. The molecule has 2 aromatic rings. The van der Waals surface area contributed by atoms with Crippen molar-refractivity contribution in [2.24, 2.45) is 22.7 Å². The monoisotopic (exact) mass is 784 g/mol. The van der Waals surface area contributed by atoms with E-state index < -0.39 is 52.2 Å². The molecule has 0 amide bonds. The molecule has 4 bridgehead atoms. The SMILES string of the molecule is COC(=O)C(C)=CCC12OC(C)(C)C3CC(C1=O)C1C4C(=Nc5ncnn51)c1c(OC(=O)CCl)c5c(c(CC=C(C)C)c1OC432)OC(C)(CCC=C(C)C)C=C5. The van der Waals surface area contributed by atoms with E-state index >= 15 is 4.79 Å². The van der Waals surface area contributed by atoms with Crippen molar-refractivity contribution in [2.75, 3.05) is 13.0 Å². The Balaban J connectivity index is 1.45. The standard InChI is InChI=1S/C43H49ClN4O8/c1-22(2)11-10-16-41(8)17-15-26-34(54-41)25(13-12-23(3)4)36-30(35(26)53-29(49)20-44)32-31-33(48-39(47-32)45-21-46-48)27-19-28-40(6,7)56-42(37(27)50,43(28,31)55-36)18-14-24(5)38(51)52-9/h11-12,14-15,17,21,27-28,31,33H,10,13,16,18-20H2,1-9H3. The Kier molecular flexibility index (Phi) is 9.08. The maximum atomic E-state index is 15.3. The number of fused-ring (bicyclic) bond motifs is 4. The summed E-state index contributed by atoms with van der Waals surface area (Å²) in [5.41, 5.74) is 0.597. The highest BCUT2D eigenvalue weighted by molar-refractivity contribution is 6.26. The second-order valence-electron chi connectivity index (χ2n) is 17.2. The third kappa shape index (κ3) is 5.41. The molecule has 0 radical (unpaired) electrons. The van der Waals surface area contributed by atoms with Crippen molar-refractivity contribution < 1.29 is 38.1 Å². The first-order chi connectivity index (χ1) is 26.5. The quantitative estimate of drug-likeness (QED) is 0.0781. The Bertz CT molecular complexity index is 2220. The molecular formula is C43H49ClN4O8. The van der Waals surface area contributed by atoms with E-state index in [9.17, 15) is 9.59 Å². The van der Waals surface area contributed by atoms with Crippen LogP contribution >= 0.6 is 11.6 Å². The van der Waals surface area contributed by atoms with Crippen LogP contribution in [-0.2, 0) is 30.3 Å². The number of methoxy groups -OCH3 is 1. The number of halogens is 1. The van der Waals surface area contributed by atoms with Gasteiger partial charge in [-0.2, -0.15) is 10.1 Å². The van der Waals surface area contributed by atoms with E-state index in [1.807, 2.05) is 46.8 Å². The number of Topliss-reactive ketones (excluding diaryl/α,β-unsaturated/α-hetero) is 1. The molecule has 7 atom stereocenters. The third-order valence-electron chi connectivity index (χ3n) is 12.6. The predicted molar refractivity (Wildman–Crippen MR) is 210 cm³/mol. The lowest BCUT2D eigenvalue weighted by Gasteiger charge is -2.64. The fourth-order valence-corrected chi connectivity index (χ4v) is 10.3. The number of esters is 2. The van der Waals surface area contributed by atoms with Crippen molar-refractivity contribution in [3.8, 4) is 17.2 Å². The number of aliphatic imine (C=N–C) groups is 1. The first kappa shape index (κ1) is 38.3. The predicted octanol–water partition coefficient (Wildman–Crippen LogP) is 7.54. The summed E-state index contributed by atoms with van der Waals surface area (Å²) in [5.74, 6) is -1.62. The van der Waals surface area contributed by atoms with Gasteiger partial charge < -0.3 is 23.7 Å². The summed E-state index contributed by atoms with van der Waals surface area (Å²) in [6, 6.07) is -0.521. The molecule has 0 N–H and O–H groups in total. The minimum atomic E-state index is -1.53. The number of ether oxygens (including phenoxy) is 5. The smallest absolute Gasteiger partial charge is 0.333 e. The molecule has 1 spiro atoms. The highest BCUT2D eigenvalue weighted by Gasteiger charge is 2.86. The summed E-state index contributed by atoms with van der Waals surface area (Å²) >= 11 is 6.12. The zero-order valence-corrected chi connectivity index (χ0v) is 34.2. The number of nitrogens with zero attached hydrogens (tertiary/aromatic N) is 4. The highest BCUT2D eigenvalue weighted by atomic mass is 35.5. The second kappa shape index (κ2) is 13.3. The number of hydrogen-bond acceptors (Lipinski definition) is 11. The minimum absolute atomic E-state index is 0.0588. The summed E-state index contributed by atoms with van der Waals surface area (Å²) in [6.07, 6.45) is 13.9. The zero-order chi connectivity index (χ0) is 40.1. The van der Waals surface area contributed by atoms with Gasteiger partial charge in [0.1, 0.15) is 29.3 Å². The lowest BCUT2D eigenvalue weighted by molar-refractivity contribution is -0.207. The maximum absolute atomic E-state index is 15.3. The third-order valence-corrected chi connectivity index (χ3v) is 12.8. The van der Waals surface area contributed by atoms with Crippen molar-refractivity contribution in [1.29, 1.82) is 0 Å². The molecule has 13 heteroatoms. The normalized spacial score (nSPS) is 30.8. The van der Waals surface area contributed by atoms with Gasteiger partial charge in [0.2, 0.25) is 5.95 Å². The van der Waals surface area contributed by atoms with Crippen LogP contribution in [0.25, 0.3) is 6.08 Å². The number of hydrogen-bond donors (Lipinski definition) is 0. The number of benzene rings is 1. The van der Waals surface area contributed by atoms with E-state index in [1.165, 1.54) is 19.0 Å². The maximum Gasteiger partial charge on any atom is 0.333 e. The van der Waals surface area contributed by atoms with Gasteiger partial charge in [0.15, 0.2) is 22.7 Å². The molecule has 3 aliphatic carbocycles. The van der Waals surface area contributed by atoms with Crippen molar-refractivity contribution in [3.63, 3.8) is 0 Å². The average Bonchev–Trinajstić information content (AvgIpc) is 3.67. The van der Waals surface area contributed by atoms with Gasteiger partial charge in [0.05, 0.1) is 41.5 Å². The van der Waals surface area contributed by atoms with Gasteiger partial charge in [0.25, 0.3) is 0 Å². The number of alkyl halides is 1. The van der Waals surface area contributed by atoms with E-state index in [-0.39, 0.29) is 29.8 Å². The Morgan fingerprint density at radius 1 is 1.05 bits per heavy atom. The number of ketones is 1. The Labute approximate surface area is 332 Å². The number of rotatable bonds is 10. The van der Waals surface area contributed by atoms with Gasteiger partial charge in [-0.25, -0.2) is 14.5 Å². The fraction of sp³-hybridized carbons (Fsp3) is 0.535. The lowest BCUT2D eigenvalue weighted by atomic mass is 9.44. The number of allylic oxidation sites excluding steroid dienone is 4. The Morgan fingerprint density at radius 2 is 1.80 bits per heavy atom. The van der Waals surface area contributed by atoms with Gasteiger partial charge in [-0.1, -0.05) is 29.4 Å².